The standard InChI is InChI=1S/C16H11N3O2/c17-8-11-2-1-3-13(6-11)21-10-12-7-16(20)14-4-5-18-9-15(14)19-12/h1-6,9H,7,10H2. The van der Waals surface area contributed by atoms with Crippen LogP contribution in [0.1, 0.15) is 22.3 Å². The lowest BCUT2D eigenvalue weighted by Crippen LogP contribution is -2.19. The second kappa shape index (κ2) is 5.55. The van der Waals surface area contributed by atoms with E-state index in [1.807, 2.05) is 0 Å². The van der Waals surface area contributed by atoms with Crippen LogP contribution >= 0.6 is 0 Å². The Balaban J connectivity index is 1.76. The third kappa shape index (κ3) is 2.79. The van der Waals surface area contributed by atoms with Crippen molar-refractivity contribution in [2.45, 2.75) is 6.42 Å². The van der Waals surface area contributed by atoms with Gasteiger partial charge in [0.05, 0.1) is 35.6 Å². The summed E-state index contributed by atoms with van der Waals surface area (Å²) in [4.78, 5) is 20.4. The highest BCUT2D eigenvalue weighted by Gasteiger charge is 2.20. The lowest BCUT2D eigenvalue weighted by Gasteiger charge is -2.14. The van der Waals surface area contributed by atoms with Crippen molar-refractivity contribution >= 4 is 17.2 Å². The molecule has 5 nitrogen and oxygen atoms in total. The average molecular weight is 277 g/mol. The highest BCUT2D eigenvalue weighted by atomic mass is 16.5. The van der Waals surface area contributed by atoms with Crippen molar-refractivity contribution in [3.8, 4) is 11.8 Å². The lowest BCUT2D eigenvalue weighted by atomic mass is 10.0. The second-order valence-electron chi connectivity index (χ2n) is 4.60. The minimum Gasteiger partial charge on any atom is -0.488 e. The Hall–Kier alpha value is -3.00. The van der Waals surface area contributed by atoms with Gasteiger partial charge in [-0.25, -0.2) is 0 Å². The van der Waals surface area contributed by atoms with Crippen molar-refractivity contribution < 1.29 is 9.53 Å². The molecule has 0 N–H and O–H groups in total. The number of pyridine rings is 1. The molecule has 1 aliphatic rings. The van der Waals surface area contributed by atoms with E-state index < -0.39 is 0 Å². The number of Topliss-reactive ketones (excluding diaryl/α,β-unsaturated/α-hetero) is 1. The molecule has 1 aromatic heterocycles. The summed E-state index contributed by atoms with van der Waals surface area (Å²) in [5.41, 5.74) is 2.37. The molecule has 0 saturated heterocycles. The quantitative estimate of drug-likeness (QED) is 0.864. The molecule has 1 aliphatic heterocycles. The molecule has 1 aromatic carbocycles. The van der Waals surface area contributed by atoms with E-state index in [0.717, 1.165) is 0 Å². The topological polar surface area (TPSA) is 75.3 Å². The minimum absolute atomic E-state index is 0.0202. The first-order valence-electron chi connectivity index (χ1n) is 6.43. The van der Waals surface area contributed by atoms with Crippen molar-refractivity contribution in [1.29, 1.82) is 5.26 Å². The van der Waals surface area contributed by atoms with E-state index in [0.29, 0.717) is 28.3 Å². The van der Waals surface area contributed by atoms with E-state index in [1.54, 1.807) is 42.7 Å². The largest absolute Gasteiger partial charge is 0.488 e. The molecule has 102 valence electrons. The van der Waals surface area contributed by atoms with Crippen LogP contribution in [-0.4, -0.2) is 23.1 Å². The smallest absolute Gasteiger partial charge is 0.170 e. The molecular formula is C16H11N3O2. The van der Waals surface area contributed by atoms with Crippen LogP contribution in [-0.2, 0) is 0 Å². The summed E-state index contributed by atoms with van der Waals surface area (Å²) in [5, 5.41) is 8.84. The number of ether oxygens (including phenoxy) is 1. The van der Waals surface area contributed by atoms with Gasteiger partial charge in [-0.2, -0.15) is 5.26 Å². The third-order valence-corrected chi connectivity index (χ3v) is 3.11. The van der Waals surface area contributed by atoms with Gasteiger partial charge in [0, 0.05) is 11.8 Å². The molecule has 0 aliphatic carbocycles. The number of aliphatic imine (C=N–C) groups is 1. The zero-order chi connectivity index (χ0) is 14.7. The first-order chi connectivity index (χ1) is 10.3. The number of hydrogen-bond acceptors (Lipinski definition) is 5. The maximum atomic E-state index is 12.0. The van der Waals surface area contributed by atoms with Gasteiger partial charge in [0.1, 0.15) is 12.4 Å². The number of rotatable bonds is 3. The van der Waals surface area contributed by atoms with Crippen LogP contribution in [0.2, 0.25) is 0 Å². The second-order valence-corrected chi connectivity index (χ2v) is 4.60. The highest BCUT2D eigenvalue weighted by Crippen LogP contribution is 2.24. The molecule has 0 fully saturated rings. The van der Waals surface area contributed by atoms with E-state index in [4.69, 9.17) is 10.00 Å². The first-order valence-corrected chi connectivity index (χ1v) is 6.43. The van der Waals surface area contributed by atoms with E-state index in [1.165, 1.54) is 0 Å². The third-order valence-electron chi connectivity index (χ3n) is 3.11. The monoisotopic (exact) mass is 277 g/mol. The van der Waals surface area contributed by atoms with Gasteiger partial charge in [-0.15, -0.1) is 0 Å². The number of carbonyl (C=O) groups is 1. The maximum absolute atomic E-state index is 12.0. The van der Waals surface area contributed by atoms with Gasteiger partial charge in [-0.1, -0.05) is 6.07 Å². The van der Waals surface area contributed by atoms with Crippen LogP contribution < -0.4 is 4.74 Å². The lowest BCUT2D eigenvalue weighted by molar-refractivity contribution is 0.0998. The Morgan fingerprint density at radius 1 is 1.33 bits per heavy atom. The number of hydrogen-bond donors (Lipinski definition) is 0. The number of ketones is 1. The predicted molar refractivity (Wildman–Crippen MR) is 76.9 cm³/mol. The van der Waals surface area contributed by atoms with Crippen LogP contribution in [0.25, 0.3) is 0 Å². The van der Waals surface area contributed by atoms with Crippen molar-refractivity contribution in [2.75, 3.05) is 6.61 Å². The zero-order valence-electron chi connectivity index (χ0n) is 11.1. The zero-order valence-corrected chi connectivity index (χ0v) is 11.1. The Bertz CT molecular complexity index is 775. The number of fused-ring (bicyclic) bond motifs is 1. The Labute approximate surface area is 121 Å². The number of nitriles is 1. The van der Waals surface area contributed by atoms with Gasteiger partial charge in [-0.05, 0) is 24.3 Å². The molecule has 2 heterocycles. The Morgan fingerprint density at radius 2 is 2.24 bits per heavy atom. The highest BCUT2D eigenvalue weighted by molar-refractivity contribution is 6.16. The van der Waals surface area contributed by atoms with Crippen molar-refractivity contribution in [1.82, 2.24) is 4.98 Å². The fourth-order valence-electron chi connectivity index (χ4n) is 2.11. The number of aromatic nitrogens is 1. The predicted octanol–water partition coefficient (Wildman–Crippen LogP) is 2.69. The Kier molecular flexibility index (Phi) is 3.44. The van der Waals surface area contributed by atoms with Crippen LogP contribution in [0, 0.1) is 11.3 Å². The van der Waals surface area contributed by atoms with Crippen LogP contribution in [0.3, 0.4) is 0 Å². The molecular weight excluding hydrogens is 266 g/mol. The summed E-state index contributed by atoms with van der Waals surface area (Å²) in [6.45, 7) is 0.217. The summed E-state index contributed by atoms with van der Waals surface area (Å²) in [5.74, 6) is 0.605. The SMILES string of the molecule is N#Cc1cccc(OCC2=Nc3cnccc3C(=O)C2)c1. The van der Waals surface area contributed by atoms with Gasteiger partial charge in [0.25, 0.3) is 0 Å². The van der Waals surface area contributed by atoms with Gasteiger partial charge in [0.2, 0.25) is 0 Å². The van der Waals surface area contributed by atoms with Gasteiger partial charge in [-0.3, -0.25) is 14.8 Å². The molecule has 5 heteroatoms. The molecule has 2 aromatic rings. The molecule has 0 amide bonds. The molecule has 21 heavy (non-hydrogen) atoms. The van der Waals surface area contributed by atoms with E-state index in [2.05, 4.69) is 16.0 Å². The van der Waals surface area contributed by atoms with Crippen molar-refractivity contribution in [2.24, 2.45) is 4.99 Å². The Morgan fingerprint density at radius 3 is 3.10 bits per heavy atom. The fourth-order valence-corrected chi connectivity index (χ4v) is 2.11. The molecule has 0 saturated carbocycles. The molecule has 0 spiro atoms. The number of benzene rings is 1. The van der Waals surface area contributed by atoms with Crippen molar-refractivity contribution in [3.05, 3.63) is 53.9 Å². The summed E-state index contributed by atoms with van der Waals surface area (Å²) in [6.07, 6.45) is 3.40. The minimum atomic E-state index is 0.0202. The summed E-state index contributed by atoms with van der Waals surface area (Å²) >= 11 is 0. The maximum Gasteiger partial charge on any atom is 0.170 e. The van der Waals surface area contributed by atoms with E-state index >= 15 is 0 Å². The van der Waals surface area contributed by atoms with Crippen LogP contribution in [0.15, 0.2) is 47.7 Å². The normalized spacial score (nSPS) is 13.1. The number of carbonyl (C=O) groups excluding carboxylic acids is 1. The van der Waals surface area contributed by atoms with Gasteiger partial charge >= 0.3 is 0 Å². The van der Waals surface area contributed by atoms with Crippen molar-refractivity contribution in [3.63, 3.8) is 0 Å². The van der Waals surface area contributed by atoms with Crippen LogP contribution in [0.5, 0.6) is 5.75 Å². The van der Waals surface area contributed by atoms with Gasteiger partial charge < -0.3 is 4.74 Å². The molecule has 0 unspecified atom stereocenters. The molecule has 0 atom stereocenters. The average Bonchev–Trinajstić information content (AvgIpc) is 2.53. The van der Waals surface area contributed by atoms with Crippen LogP contribution in [0.4, 0.5) is 5.69 Å². The summed E-state index contributed by atoms with van der Waals surface area (Å²) in [6, 6.07) is 10.6. The first kappa shape index (κ1) is 13.0. The molecule has 0 bridgehead atoms. The molecule has 0 radical (unpaired) electrons. The van der Waals surface area contributed by atoms with E-state index in [-0.39, 0.29) is 18.8 Å². The summed E-state index contributed by atoms with van der Waals surface area (Å²) in [7, 11) is 0. The van der Waals surface area contributed by atoms with E-state index in [9.17, 15) is 4.79 Å². The number of nitrogens with zero attached hydrogens (tertiary/aromatic N) is 3. The molecule has 3 rings (SSSR count). The summed E-state index contributed by atoms with van der Waals surface area (Å²) < 4.78 is 5.60. The van der Waals surface area contributed by atoms with Gasteiger partial charge in [0.15, 0.2) is 5.78 Å². The fraction of sp³-hybridized carbons (Fsp3) is 0.125.